The maximum atomic E-state index is 12.8. The van der Waals surface area contributed by atoms with Crippen LogP contribution in [0.5, 0.6) is 0 Å². The van der Waals surface area contributed by atoms with E-state index in [4.69, 9.17) is 9.47 Å². The molecule has 1 aromatic rings. The Morgan fingerprint density at radius 2 is 1.63 bits per heavy atom. The molecule has 0 spiro atoms. The van der Waals surface area contributed by atoms with Gasteiger partial charge in [0.05, 0.1) is 21.3 Å². The van der Waals surface area contributed by atoms with Crippen molar-refractivity contribution in [2.45, 2.75) is 46.3 Å². The normalized spacial score (nSPS) is 18.1. The predicted molar refractivity (Wildman–Crippen MR) is 111 cm³/mol. The van der Waals surface area contributed by atoms with Gasteiger partial charge in [-0.25, -0.2) is 0 Å². The van der Waals surface area contributed by atoms with Gasteiger partial charge in [0.25, 0.3) is 0 Å². The van der Waals surface area contributed by atoms with Crippen LogP contribution in [0.25, 0.3) is 5.57 Å². The summed E-state index contributed by atoms with van der Waals surface area (Å²) in [4.78, 5) is 25.7. The van der Waals surface area contributed by atoms with Crippen molar-refractivity contribution < 1.29 is 19.1 Å². The third-order valence-corrected chi connectivity index (χ3v) is 5.86. The van der Waals surface area contributed by atoms with Crippen LogP contribution in [0, 0.1) is 5.41 Å². The van der Waals surface area contributed by atoms with E-state index in [0.717, 1.165) is 16.7 Å². The van der Waals surface area contributed by atoms with Crippen LogP contribution in [0.15, 0.2) is 42.1 Å². The van der Waals surface area contributed by atoms with Crippen LogP contribution in [0.3, 0.4) is 0 Å². The summed E-state index contributed by atoms with van der Waals surface area (Å²) in [5.74, 6) is -1.54. The van der Waals surface area contributed by atoms with Crippen LogP contribution in [-0.4, -0.2) is 33.2 Å². The SMILES string of the molecule is CCOC(=O)C(C)(C(=O)OCC)C1C=C/C(=C\[Si](C)(C)C)c2ccccc21. The van der Waals surface area contributed by atoms with Gasteiger partial charge in [0, 0.05) is 5.92 Å². The molecule has 0 bridgehead atoms. The maximum absolute atomic E-state index is 12.8. The summed E-state index contributed by atoms with van der Waals surface area (Å²) in [6.45, 7) is 12.4. The van der Waals surface area contributed by atoms with Crippen LogP contribution >= 0.6 is 0 Å². The first-order chi connectivity index (χ1) is 12.6. The first-order valence-corrected chi connectivity index (χ1v) is 13.1. The minimum Gasteiger partial charge on any atom is -0.465 e. The van der Waals surface area contributed by atoms with E-state index < -0.39 is 31.3 Å². The molecule has 1 aliphatic rings. The number of fused-ring (bicyclic) bond motifs is 1. The molecule has 1 aromatic carbocycles. The molecule has 4 nitrogen and oxygen atoms in total. The second kappa shape index (κ2) is 8.25. The molecule has 1 unspecified atom stereocenters. The predicted octanol–water partition coefficient (Wildman–Crippen LogP) is 4.73. The summed E-state index contributed by atoms with van der Waals surface area (Å²) in [6, 6.07) is 7.96. The molecule has 0 saturated heterocycles. The highest BCUT2D eigenvalue weighted by atomic mass is 28.3. The zero-order chi connectivity index (χ0) is 20.2. The molecular weight excluding hydrogens is 356 g/mol. The van der Waals surface area contributed by atoms with Gasteiger partial charge in [0.15, 0.2) is 5.41 Å². The number of allylic oxidation sites excluding steroid dienone is 3. The molecule has 1 atom stereocenters. The van der Waals surface area contributed by atoms with Crippen molar-refractivity contribution in [3.8, 4) is 0 Å². The highest BCUT2D eigenvalue weighted by Gasteiger charge is 2.51. The van der Waals surface area contributed by atoms with Crippen LogP contribution in [0.1, 0.15) is 37.8 Å². The molecule has 0 heterocycles. The monoisotopic (exact) mass is 386 g/mol. The minimum absolute atomic E-state index is 0.215. The summed E-state index contributed by atoms with van der Waals surface area (Å²) in [5.41, 5.74) is 4.07. The van der Waals surface area contributed by atoms with Crippen molar-refractivity contribution in [1.82, 2.24) is 0 Å². The van der Waals surface area contributed by atoms with E-state index in [-0.39, 0.29) is 13.2 Å². The van der Waals surface area contributed by atoms with Crippen molar-refractivity contribution in [3.05, 3.63) is 53.2 Å². The molecule has 1 aliphatic carbocycles. The van der Waals surface area contributed by atoms with Crippen molar-refractivity contribution in [2.24, 2.45) is 5.41 Å². The van der Waals surface area contributed by atoms with Crippen molar-refractivity contribution in [2.75, 3.05) is 13.2 Å². The van der Waals surface area contributed by atoms with Gasteiger partial charge in [-0.05, 0) is 37.5 Å². The number of ether oxygens (including phenoxy) is 2. The minimum atomic E-state index is -1.45. The zero-order valence-corrected chi connectivity index (χ0v) is 18.2. The average Bonchev–Trinajstić information content (AvgIpc) is 2.60. The summed E-state index contributed by atoms with van der Waals surface area (Å²) in [7, 11) is -1.45. The third-order valence-electron chi connectivity index (χ3n) is 4.68. The van der Waals surface area contributed by atoms with Gasteiger partial charge >= 0.3 is 11.9 Å². The molecule has 0 saturated carbocycles. The lowest BCUT2D eigenvalue weighted by atomic mass is 9.69. The van der Waals surface area contributed by atoms with Crippen molar-refractivity contribution in [3.63, 3.8) is 0 Å². The Bertz CT molecular complexity index is 753. The van der Waals surface area contributed by atoms with E-state index in [9.17, 15) is 9.59 Å². The third kappa shape index (κ3) is 4.41. The Morgan fingerprint density at radius 3 is 2.15 bits per heavy atom. The Kier molecular flexibility index (Phi) is 6.47. The standard InChI is InChI=1S/C22H30O4Si/c1-7-25-20(23)22(3,21(24)26-8-2)19-14-13-16(15-27(4,5)6)17-11-9-10-12-18(17)19/h9-15,19H,7-8H2,1-6H3/b16-15+. The summed E-state index contributed by atoms with van der Waals surface area (Å²) < 4.78 is 10.5. The van der Waals surface area contributed by atoms with E-state index in [2.05, 4.69) is 31.4 Å². The Morgan fingerprint density at radius 1 is 1.07 bits per heavy atom. The quantitative estimate of drug-likeness (QED) is 0.403. The topological polar surface area (TPSA) is 52.6 Å². The lowest BCUT2D eigenvalue weighted by Gasteiger charge is -2.35. The fraction of sp³-hybridized carbons (Fsp3) is 0.455. The molecular formula is C22H30O4Si. The molecule has 5 heteroatoms. The summed E-state index contributed by atoms with van der Waals surface area (Å²) >= 11 is 0. The molecule has 0 fully saturated rings. The largest absolute Gasteiger partial charge is 0.465 e. The number of hydrogen-bond acceptors (Lipinski definition) is 4. The first kappa shape index (κ1) is 21.2. The van der Waals surface area contributed by atoms with E-state index >= 15 is 0 Å². The highest BCUT2D eigenvalue weighted by Crippen LogP contribution is 2.45. The van der Waals surface area contributed by atoms with Gasteiger partial charge in [-0.2, -0.15) is 0 Å². The summed E-state index contributed by atoms with van der Waals surface area (Å²) in [6.07, 6.45) is 3.98. The zero-order valence-electron chi connectivity index (χ0n) is 17.2. The smallest absolute Gasteiger partial charge is 0.324 e. The molecule has 0 amide bonds. The number of rotatable bonds is 6. The number of benzene rings is 1. The van der Waals surface area contributed by atoms with Gasteiger partial charge in [0.1, 0.15) is 0 Å². The molecule has 2 rings (SSSR count). The lowest BCUT2D eigenvalue weighted by molar-refractivity contribution is -0.171. The Balaban J connectivity index is 2.62. The van der Waals surface area contributed by atoms with Crippen LogP contribution in [0.4, 0.5) is 0 Å². The van der Waals surface area contributed by atoms with E-state index in [0.29, 0.717) is 0 Å². The lowest BCUT2D eigenvalue weighted by Crippen LogP contribution is -2.44. The molecule has 0 aliphatic heterocycles. The number of carbonyl (C=O) groups excluding carboxylic acids is 2. The van der Waals surface area contributed by atoms with Gasteiger partial charge in [-0.3, -0.25) is 9.59 Å². The number of esters is 2. The molecule has 0 aromatic heterocycles. The fourth-order valence-corrected chi connectivity index (χ4v) is 4.60. The van der Waals surface area contributed by atoms with Crippen LogP contribution in [-0.2, 0) is 19.1 Å². The molecule has 27 heavy (non-hydrogen) atoms. The van der Waals surface area contributed by atoms with E-state index in [1.807, 2.05) is 30.4 Å². The van der Waals surface area contributed by atoms with Gasteiger partial charge in [-0.15, -0.1) is 0 Å². The van der Waals surface area contributed by atoms with Crippen molar-refractivity contribution >= 4 is 25.6 Å². The number of hydrogen-bond donors (Lipinski definition) is 0. The molecule has 0 radical (unpaired) electrons. The van der Waals surface area contributed by atoms with Gasteiger partial charge < -0.3 is 9.47 Å². The Labute approximate surface area is 163 Å². The van der Waals surface area contributed by atoms with Gasteiger partial charge in [-0.1, -0.05) is 61.8 Å². The first-order valence-electron chi connectivity index (χ1n) is 9.50. The van der Waals surface area contributed by atoms with Crippen molar-refractivity contribution in [1.29, 1.82) is 0 Å². The van der Waals surface area contributed by atoms with Gasteiger partial charge in [0.2, 0.25) is 0 Å². The van der Waals surface area contributed by atoms with E-state index in [1.165, 1.54) is 0 Å². The van der Waals surface area contributed by atoms with E-state index in [1.54, 1.807) is 20.8 Å². The number of carbonyl (C=O) groups is 2. The molecule has 146 valence electrons. The highest BCUT2D eigenvalue weighted by molar-refractivity contribution is 6.81. The average molecular weight is 387 g/mol. The Hall–Kier alpha value is -2.14. The molecule has 0 N–H and O–H groups in total. The summed E-state index contributed by atoms with van der Waals surface area (Å²) in [5, 5.41) is 0. The second-order valence-corrected chi connectivity index (χ2v) is 13.1. The second-order valence-electron chi connectivity index (χ2n) is 8.03. The van der Waals surface area contributed by atoms with Crippen LogP contribution < -0.4 is 0 Å². The fourth-order valence-electron chi connectivity index (χ4n) is 3.42. The maximum Gasteiger partial charge on any atom is 0.324 e. The van der Waals surface area contributed by atoms with Crippen LogP contribution in [0.2, 0.25) is 19.6 Å².